The summed E-state index contributed by atoms with van der Waals surface area (Å²) in [6.07, 6.45) is 0. The van der Waals surface area contributed by atoms with Crippen LogP contribution in [0.5, 0.6) is 0 Å². The van der Waals surface area contributed by atoms with Crippen LogP contribution in [0.1, 0.15) is 0 Å². The zero-order valence-electron chi connectivity index (χ0n) is 34.6. The quantitative estimate of drug-likeness (QED) is 0.170. The largest absolute Gasteiger partial charge is 0.456 e. The Labute approximate surface area is 367 Å². The van der Waals surface area contributed by atoms with Gasteiger partial charge < -0.3 is 18.1 Å². The van der Waals surface area contributed by atoms with Crippen molar-refractivity contribution >= 4 is 87.4 Å². The lowest BCUT2D eigenvalue weighted by Crippen LogP contribution is -1.96. The maximum atomic E-state index is 6.30. The van der Waals surface area contributed by atoms with Crippen LogP contribution in [0, 0.1) is 0 Å². The predicted molar refractivity (Wildman–Crippen MR) is 268 cm³/mol. The van der Waals surface area contributed by atoms with Gasteiger partial charge in [-0.25, -0.2) is 0 Å². The number of rotatable bonds is 5. The maximum absolute atomic E-state index is 6.30. The lowest BCUT2D eigenvalue weighted by molar-refractivity contribution is 0.669. The second-order valence-corrected chi connectivity index (χ2v) is 16.8. The number of aromatic nitrogens is 3. The van der Waals surface area contributed by atoms with Crippen LogP contribution in [0.4, 0.5) is 0 Å². The molecule has 14 aromatic rings. The summed E-state index contributed by atoms with van der Waals surface area (Å²) in [5, 5.41) is 9.59. The molecule has 0 aliphatic rings. The molecule has 0 saturated carbocycles. The van der Waals surface area contributed by atoms with Crippen molar-refractivity contribution in [3.8, 4) is 39.3 Å². The molecule has 298 valence electrons. The summed E-state index contributed by atoms with van der Waals surface area (Å²) < 4.78 is 13.6. The monoisotopic (exact) mass is 815 g/mol. The third kappa shape index (κ3) is 4.93. The summed E-state index contributed by atoms with van der Waals surface area (Å²) in [7, 11) is 0. The standard InChI is InChI=1S/C60H37N3O/c1-3-16-38(17-4-1)42-32-34-55-60(46-23-9-13-27-52(46)63(55)41-31-35-57-49(37-41)44-21-10-14-29-56(44)64-57)59(42)47-24-15-28-54-58(47)45-22-8-12-26-51(45)62(54)40-30-33-53-48(36-40)43-20-7-11-25-50(43)61(53)39-18-5-2-6-19-39/h1-37H. The van der Waals surface area contributed by atoms with Crippen molar-refractivity contribution in [2.45, 2.75) is 0 Å². The molecular formula is C60H37N3O. The van der Waals surface area contributed by atoms with Crippen molar-refractivity contribution in [2.75, 3.05) is 0 Å². The first-order chi connectivity index (χ1) is 31.8. The van der Waals surface area contributed by atoms with Crippen LogP contribution >= 0.6 is 0 Å². The van der Waals surface area contributed by atoms with Crippen LogP contribution in [-0.4, -0.2) is 13.7 Å². The number of furan rings is 1. The van der Waals surface area contributed by atoms with Gasteiger partial charge in [0, 0.05) is 65.7 Å². The number of hydrogen-bond donors (Lipinski definition) is 0. The average molecular weight is 816 g/mol. The number of para-hydroxylation sites is 5. The minimum Gasteiger partial charge on any atom is -0.456 e. The molecule has 4 heterocycles. The fraction of sp³-hybridized carbons (Fsp3) is 0. The molecule has 0 aliphatic heterocycles. The fourth-order valence-corrected chi connectivity index (χ4v) is 10.8. The van der Waals surface area contributed by atoms with Crippen LogP contribution < -0.4 is 0 Å². The molecule has 14 rings (SSSR count). The number of benzene rings is 10. The van der Waals surface area contributed by atoms with Crippen LogP contribution in [-0.2, 0) is 0 Å². The summed E-state index contributed by atoms with van der Waals surface area (Å²) in [6, 6.07) is 81.6. The van der Waals surface area contributed by atoms with E-state index in [4.69, 9.17) is 4.42 Å². The van der Waals surface area contributed by atoms with Gasteiger partial charge in [-0.2, -0.15) is 0 Å². The van der Waals surface area contributed by atoms with Gasteiger partial charge in [0.2, 0.25) is 0 Å². The van der Waals surface area contributed by atoms with Gasteiger partial charge in [-0.05, 0) is 102 Å². The van der Waals surface area contributed by atoms with Crippen molar-refractivity contribution in [1.82, 2.24) is 13.7 Å². The van der Waals surface area contributed by atoms with Crippen molar-refractivity contribution in [1.29, 1.82) is 0 Å². The molecule has 0 fully saturated rings. The Hall–Kier alpha value is -8.60. The molecule has 4 nitrogen and oxygen atoms in total. The van der Waals surface area contributed by atoms with E-state index in [9.17, 15) is 0 Å². The second-order valence-electron chi connectivity index (χ2n) is 16.8. The molecule has 0 N–H and O–H groups in total. The van der Waals surface area contributed by atoms with Gasteiger partial charge in [0.15, 0.2) is 0 Å². The predicted octanol–water partition coefficient (Wildman–Crippen LogP) is 16.2. The highest BCUT2D eigenvalue weighted by Crippen LogP contribution is 2.48. The van der Waals surface area contributed by atoms with Gasteiger partial charge in [0.05, 0.1) is 33.1 Å². The van der Waals surface area contributed by atoms with Gasteiger partial charge in [-0.15, -0.1) is 0 Å². The molecule has 4 heteroatoms. The molecule has 0 aliphatic carbocycles. The molecule has 4 aromatic heterocycles. The Morgan fingerprint density at radius 3 is 1.52 bits per heavy atom. The Morgan fingerprint density at radius 1 is 0.266 bits per heavy atom. The summed E-state index contributed by atoms with van der Waals surface area (Å²) in [5.41, 5.74) is 17.0. The highest BCUT2D eigenvalue weighted by Gasteiger charge is 2.24. The lowest BCUT2D eigenvalue weighted by atomic mass is 9.88. The van der Waals surface area contributed by atoms with Crippen molar-refractivity contribution in [3.05, 3.63) is 224 Å². The van der Waals surface area contributed by atoms with Gasteiger partial charge in [-0.1, -0.05) is 140 Å². The van der Waals surface area contributed by atoms with E-state index in [1.54, 1.807) is 0 Å². The Kier molecular flexibility index (Phi) is 7.36. The van der Waals surface area contributed by atoms with Gasteiger partial charge >= 0.3 is 0 Å². The smallest absolute Gasteiger partial charge is 0.135 e. The number of nitrogens with zero attached hydrogens (tertiary/aromatic N) is 3. The van der Waals surface area contributed by atoms with Gasteiger partial charge in [0.25, 0.3) is 0 Å². The van der Waals surface area contributed by atoms with E-state index < -0.39 is 0 Å². The first-order valence-corrected chi connectivity index (χ1v) is 21.9. The molecule has 0 spiro atoms. The van der Waals surface area contributed by atoms with E-state index in [0.29, 0.717) is 0 Å². The minimum atomic E-state index is 0.891. The van der Waals surface area contributed by atoms with Crippen molar-refractivity contribution in [3.63, 3.8) is 0 Å². The zero-order valence-corrected chi connectivity index (χ0v) is 34.6. The van der Waals surface area contributed by atoms with Gasteiger partial charge in [0.1, 0.15) is 11.2 Å². The molecule has 0 atom stereocenters. The van der Waals surface area contributed by atoms with E-state index in [2.05, 4.69) is 226 Å². The van der Waals surface area contributed by atoms with E-state index in [0.717, 1.165) is 50.0 Å². The van der Waals surface area contributed by atoms with Crippen LogP contribution in [0.25, 0.3) is 127 Å². The van der Waals surface area contributed by atoms with E-state index in [1.165, 1.54) is 76.6 Å². The van der Waals surface area contributed by atoms with E-state index in [-0.39, 0.29) is 0 Å². The molecule has 0 saturated heterocycles. The minimum absolute atomic E-state index is 0.891. The Balaban J connectivity index is 1.07. The lowest BCUT2D eigenvalue weighted by Gasteiger charge is -2.16. The third-order valence-electron chi connectivity index (χ3n) is 13.4. The van der Waals surface area contributed by atoms with Gasteiger partial charge in [-0.3, -0.25) is 0 Å². The number of fused-ring (bicyclic) bond motifs is 12. The van der Waals surface area contributed by atoms with E-state index in [1.807, 2.05) is 12.1 Å². The molecule has 0 radical (unpaired) electrons. The van der Waals surface area contributed by atoms with Crippen LogP contribution in [0.15, 0.2) is 229 Å². The molecule has 0 unspecified atom stereocenters. The Morgan fingerprint density at radius 2 is 0.766 bits per heavy atom. The normalized spacial score (nSPS) is 12.1. The first-order valence-electron chi connectivity index (χ1n) is 21.9. The van der Waals surface area contributed by atoms with Crippen molar-refractivity contribution in [2.24, 2.45) is 0 Å². The highest BCUT2D eigenvalue weighted by molar-refractivity contribution is 6.25. The Bertz CT molecular complexity index is 4180. The molecular weight excluding hydrogens is 779 g/mol. The van der Waals surface area contributed by atoms with Crippen LogP contribution in [0.2, 0.25) is 0 Å². The third-order valence-corrected chi connectivity index (χ3v) is 13.4. The fourth-order valence-electron chi connectivity index (χ4n) is 10.8. The van der Waals surface area contributed by atoms with Crippen LogP contribution in [0.3, 0.4) is 0 Å². The summed E-state index contributed by atoms with van der Waals surface area (Å²) in [6.45, 7) is 0. The van der Waals surface area contributed by atoms with E-state index >= 15 is 0 Å². The highest BCUT2D eigenvalue weighted by atomic mass is 16.3. The van der Waals surface area contributed by atoms with Crippen molar-refractivity contribution < 1.29 is 4.42 Å². The summed E-state index contributed by atoms with van der Waals surface area (Å²) in [5.74, 6) is 0. The average Bonchev–Trinajstić information content (AvgIpc) is 4.10. The topological polar surface area (TPSA) is 27.9 Å². The first kappa shape index (κ1) is 35.0. The summed E-state index contributed by atoms with van der Waals surface area (Å²) in [4.78, 5) is 0. The maximum Gasteiger partial charge on any atom is 0.135 e. The molecule has 0 amide bonds. The number of hydrogen-bond acceptors (Lipinski definition) is 1. The second kappa shape index (κ2) is 13.4. The molecule has 0 bridgehead atoms. The molecule has 64 heavy (non-hydrogen) atoms. The molecule has 10 aromatic carbocycles. The zero-order chi connectivity index (χ0) is 41.9. The SMILES string of the molecule is c1ccc(-c2ccc3c(c2-c2cccc4c2c2ccccc2n4-c2ccc4c(c2)c2ccccc2n4-c2ccccc2)c2ccccc2n3-c2ccc3oc4ccccc4c3c2)cc1. The summed E-state index contributed by atoms with van der Waals surface area (Å²) >= 11 is 0.